The number of aliphatic hydroxyl groups is 1. The molecule has 1 aromatic heterocycles. The lowest BCUT2D eigenvalue weighted by molar-refractivity contribution is -0.141. The van der Waals surface area contributed by atoms with Crippen LogP contribution in [0.4, 0.5) is 13.2 Å². The van der Waals surface area contributed by atoms with Gasteiger partial charge in [0, 0.05) is 16.5 Å². The first-order chi connectivity index (χ1) is 10.9. The number of benzene rings is 1. The van der Waals surface area contributed by atoms with Crippen molar-refractivity contribution in [1.29, 1.82) is 0 Å². The lowest BCUT2D eigenvalue weighted by atomic mass is 9.92. The third kappa shape index (κ3) is 3.44. The van der Waals surface area contributed by atoms with E-state index >= 15 is 0 Å². The van der Waals surface area contributed by atoms with Crippen molar-refractivity contribution in [3.8, 4) is 0 Å². The summed E-state index contributed by atoms with van der Waals surface area (Å²) in [5.41, 5.74) is -0.615. The molecule has 2 N–H and O–H groups in total. The maximum atomic E-state index is 13.1. The average molecular weight is 345 g/mol. The van der Waals surface area contributed by atoms with E-state index in [9.17, 15) is 18.3 Å². The molecule has 2 atom stereocenters. The van der Waals surface area contributed by atoms with Crippen molar-refractivity contribution in [3.63, 3.8) is 0 Å². The standard InChI is InChI=1S/C16H16ClF3N2O/c17-9-4-5-12-10(7-9)11(8-14(22-12)16(18,19)20)15(23)13-3-1-2-6-21-13/h4-5,7-8,13,15,21,23H,1-3,6H2. The van der Waals surface area contributed by atoms with E-state index in [2.05, 4.69) is 10.3 Å². The highest BCUT2D eigenvalue weighted by atomic mass is 35.5. The zero-order valence-corrected chi connectivity index (χ0v) is 13.0. The number of halogens is 4. The van der Waals surface area contributed by atoms with Gasteiger partial charge in [0.05, 0.1) is 11.6 Å². The largest absolute Gasteiger partial charge is 0.433 e. The second-order valence-electron chi connectivity index (χ2n) is 5.76. The van der Waals surface area contributed by atoms with Crippen LogP contribution in [0.2, 0.25) is 5.02 Å². The Hall–Kier alpha value is -1.37. The third-order valence-electron chi connectivity index (χ3n) is 4.14. The fourth-order valence-corrected chi connectivity index (χ4v) is 3.15. The average Bonchev–Trinajstić information content (AvgIpc) is 2.53. The molecular weight excluding hydrogens is 329 g/mol. The fourth-order valence-electron chi connectivity index (χ4n) is 2.98. The fraction of sp³-hybridized carbons (Fsp3) is 0.438. The van der Waals surface area contributed by atoms with E-state index in [1.165, 1.54) is 12.1 Å². The monoisotopic (exact) mass is 344 g/mol. The first kappa shape index (κ1) is 16.5. The van der Waals surface area contributed by atoms with Gasteiger partial charge in [-0.15, -0.1) is 0 Å². The maximum Gasteiger partial charge on any atom is 0.433 e. The van der Waals surface area contributed by atoms with E-state index in [4.69, 9.17) is 11.6 Å². The van der Waals surface area contributed by atoms with E-state index in [0.29, 0.717) is 16.8 Å². The van der Waals surface area contributed by atoms with Gasteiger partial charge in [-0.05, 0) is 49.2 Å². The molecule has 3 rings (SSSR count). The highest BCUT2D eigenvalue weighted by Crippen LogP contribution is 2.35. The number of fused-ring (bicyclic) bond motifs is 1. The van der Waals surface area contributed by atoms with Gasteiger partial charge in [0.25, 0.3) is 0 Å². The van der Waals surface area contributed by atoms with Crippen molar-refractivity contribution in [2.24, 2.45) is 0 Å². The molecule has 0 bridgehead atoms. The molecule has 2 unspecified atom stereocenters. The van der Waals surface area contributed by atoms with Crippen molar-refractivity contribution in [1.82, 2.24) is 10.3 Å². The molecule has 1 saturated heterocycles. The predicted molar refractivity (Wildman–Crippen MR) is 82.4 cm³/mol. The van der Waals surface area contributed by atoms with Gasteiger partial charge in [0.1, 0.15) is 5.69 Å². The minimum atomic E-state index is -4.57. The number of alkyl halides is 3. The van der Waals surface area contributed by atoms with Gasteiger partial charge in [-0.1, -0.05) is 18.0 Å². The normalized spacial score (nSPS) is 20.7. The Morgan fingerprint density at radius 3 is 2.70 bits per heavy atom. The number of nitrogens with one attached hydrogen (secondary N) is 1. The van der Waals surface area contributed by atoms with Gasteiger partial charge in [0.15, 0.2) is 0 Å². The van der Waals surface area contributed by atoms with E-state index in [1.807, 2.05) is 0 Å². The summed E-state index contributed by atoms with van der Waals surface area (Å²) in [5, 5.41) is 14.6. The second-order valence-corrected chi connectivity index (χ2v) is 6.19. The molecule has 2 aromatic rings. The van der Waals surface area contributed by atoms with E-state index in [-0.39, 0.29) is 17.1 Å². The molecule has 1 aliphatic heterocycles. The topological polar surface area (TPSA) is 45.2 Å². The van der Waals surface area contributed by atoms with Gasteiger partial charge in [0.2, 0.25) is 0 Å². The molecule has 7 heteroatoms. The van der Waals surface area contributed by atoms with Crippen LogP contribution in [0.15, 0.2) is 24.3 Å². The number of aromatic nitrogens is 1. The first-order valence-electron chi connectivity index (χ1n) is 7.45. The number of pyridine rings is 1. The van der Waals surface area contributed by atoms with Crippen molar-refractivity contribution in [2.45, 2.75) is 37.6 Å². The second kappa shape index (κ2) is 6.26. The quantitative estimate of drug-likeness (QED) is 0.862. The van der Waals surface area contributed by atoms with Gasteiger partial charge in [-0.2, -0.15) is 13.2 Å². The number of rotatable bonds is 2. The lowest BCUT2D eigenvalue weighted by Gasteiger charge is -2.29. The molecule has 0 amide bonds. The SMILES string of the molecule is OC(c1cc(C(F)(F)F)nc2ccc(Cl)cc12)C1CCCCN1. The first-order valence-corrected chi connectivity index (χ1v) is 7.83. The lowest BCUT2D eigenvalue weighted by Crippen LogP contribution is -2.39. The zero-order chi connectivity index (χ0) is 16.6. The van der Waals surface area contributed by atoms with E-state index < -0.39 is 18.0 Å². The van der Waals surface area contributed by atoms with Crippen LogP contribution in [0.5, 0.6) is 0 Å². The van der Waals surface area contributed by atoms with Crippen LogP contribution in [-0.2, 0) is 6.18 Å². The van der Waals surface area contributed by atoms with Crippen molar-refractivity contribution in [2.75, 3.05) is 6.54 Å². The predicted octanol–water partition coefficient (Wildman–Crippen LogP) is 4.08. The summed E-state index contributed by atoms with van der Waals surface area (Å²) in [7, 11) is 0. The smallest absolute Gasteiger partial charge is 0.387 e. The van der Waals surface area contributed by atoms with Crippen molar-refractivity contribution >= 4 is 22.5 Å². The van der Waals surface area contributed by atoms with Crippen LogP contribution in [0.1, 0.15) is 36.6 Å². The van der Waals surface area contributed by atoms with Crippen molar-refractivity contribution in [3.05, 3.63) is 40.5 Å². The molecular formula is C16H16ClF3N2O. The Morgan fingerprint density at radius 2 is 2.04 bits per heavy atom. The summed E-state index contributed by atoms with van der Waals surface area (Å²) in [4.78, 5) is 3.66. The summed E-state index contributed by atoms with van der Waals surface area (Å²) in [6.07, 6.45) is -2.96. The summed E-state index contributed by atoms with van der Waals surface area (Å²) in [5.74, 6) is 0. The van der Waals surface area contributed by atoms with Crippen LogP contribution in [-0.4, -0.2) is 22.7 Å². The third-order valence-corrected chi connectivity index (χ3v) is 4.38. The van der Waals surface area contributed by atoms with Crippen LogP contribution >= 0.6 is 11.6 Å². The van der Waals surface area contributed by atoms with Crippen LogP contribution in [0, 0.1) is 0 Å². The summed E-state index contributed by atoms with van der Waals surface area (Å²) < 4.78 is 39.3. The summed E-state index contributed by atoms with van der Waals surface area (Å²) in [6.45, 7) is 0.748. The molecule has 1 fully saturated rings. The molecule has 0 aliphatic carbocycles. The Kier molecular flexibility index (Phi) is 4.49. The maximum absolute atomic E-state index is 13.1. The highest BCUT2D eigenvalue weighted by Gasteiger charge is 2.35. The Balaban J connectivity index is 2.13. The van der Waals surface area contributed by atoms with E-state index in [0.717, 1.165) is 25.5 Å². The van der Waals surface area contributed by atoms with Gasteiger partial charge in [-0.3, -0.25) is 0 Å². The Bertz CT molecular complexity index is 714. The zero-order valence-electron chi connectivity index (χ0n) is 12.2. The van der Waals surface area contributed by atoms with Crippen LogP contribution in [0.3, 0.4) is 0 Å². The van der Waals surface area contributed by atoms with Gasteiger partial charge >= 0.3 is 6.18 Å². The molecule has 2 heterocycles. The molecule has 0 saturated carbocycles. The van der Waals surface area contributed by atoms with E-state index in [1.54, 1.807) is 6.07 Å². The highest BCUT2D eigenvalue weighted by molar-refractivity contribution is 6.31. The molecule has 1 aromatic carbocycles. The minimum Gasteiger partial charge on any atom is -0.387 e. The van der Waals surface area contributed by atoms with Crippen LogP contribution in [0.25, 0.3) is 10.9 Å². The molecule has 23 heavy (non-hydrogen) atoms. The number of piperidine rings is 1. The molecule has 0 spiro atoms. The molecule has 124 valence electrons. The van der Waals surface area contributed by atoms with Gasteiger partial charge < -0.3 is 10.4 Å². The number of hydrogen-bond acceptors (Lipinski definition) is 3. The van der Waals surface area contributed by atoms with Crippen LogP contribution < -0.4 is 5.32 Å². The molecule has 0 radical (unpaired) electrons. The Morgan fingerprint density at radius 1 is 1.26 bits per heavy atom. The Labute approximate surface area is 136 Å². The number of hydrogen-bond donors (Lipinski definition) is 2. The molecule has 1 aliphatic rings. The van der Waals surface area contributed by atoms with Crippen molar-refractivity contribution < 1.29 is 18.3 Å². The molecule has 3 nitrogen and oxygen atoms in total. The number of nitrogens with zero attached hydrogens (tertiary/aromatic N) is 1. The van der Waals surface area contributed by atoms with Gasteiger partial charge in [-0.25, -0.2) is 4.98 Å². The minimum absolute atomic E-state index is 0.175. The summed E-state index contributed by atoms with van der Waals surface area (Å²) >= 11 is 5.96. The number of aliphatic hydroxyl groups excluding tert-OH is 1. The summed E-state index contributed by atoms with van der Waals surface area (Å²) in [6, 6.07) is 5.14.